The molecule has 1 fully saturated rings. The SMILES string of the molecule is CC1CC(c2nc(I)c(C#Cc3ccc(Br)cc3)[nH]2)N(C(=O)OC(C)(C)C)C1. The molecular formula is C21H23BrIN3O2. The molecule has 0 bridgehead atoms. The van der Waals surface area contributed by atoms with Gasteiger partial charge in [0.05, 0.1) is 6.04 Å². The predicted molar refractivity (Wildman–Crippen MR) is 121 cm³/mol. The fourth-order valence-electron chi connectivity index (χ4n) is 3.11. The summed E-state index contributed by atoms with van der Waals surface area (Å²) in [6.07, 6.45) is 0.554. The van der Waals surface area contributed by atoms with Crippen LogP contribution < -0.4 is 0 Å². The molecule has 1 aliphatic heterocycles. The molecule has 2 atom stereocenters. The lowest BCUT2D eigenvalue weighted by Crippen LogP contribution is -2.37. The summed E-state index contributed by atoms with van der Waals surface area (Å²) in [4.78, 5) is 22.4. The Bertz CT molecular complexity index is 922. The lowest BCUT2D eigenvalue weighted by Gasteiger charge is -2.27. The van der Waals surface area contributed by atoms with Gasteiger partial charge in [-0.1, -0.05) is 28.8 Å². The fraction of sp³-hybridized carbons (Fsp3) is 0.429. The summed E-state index contributed by atoms with van der Waals surface area (Å²) in [5.74, 6) is 7.47. The highest BCUT2D eigenvalue weighted by Gasteiger charge is 2.38. The largest absolute Gasteiger partial charge is 0.444 e. The first-order chi connectivity index (χ1) is 13.1. The van der Waals surface area contributed by atoms with Crippen LogP contribution in [0.1, 0.15) is 57.2 Å². The van der Waals surface area contributed by atoms with Crippen molar-refractivity contribution in [3.8, 4) is 11.8 Å². The van der Waals surface area contributed by atoms with Gasteiger partial charge in [0, 0.05) is 16.6 Å². The van der Waals surface area contributed by atoms with Crippen LogP contribution in [-0.2, 0) is 4.74 Å². The molecular weight excluding hydrogens is 533 g/mol. The zero-order chi connectivity index (χ0) is 20.5. The number of nitrogens with zero attached hydrogens (tertiary/aromatic N) is 2. The number of rotatable bonds is 1. The number of amides is 1. The lowest BCUT2D eigenvalue weighted by molar-refractivity contribution is 0.0214. The van der Waals surface area contributed by atoms with Crippen LogP contribution >= 0.6 is 38.5 Å². The van der Waals surface area contributed by atoms with Crippen molar-refractivity contribution in [1.82, 2.24) is 14.9 Å². The van der Waals surface area contributed by atoms with E-state index in [1.807, 2.05) is 45.0 Å². The van der Waals surface area contributed by atoms with Crippen LogP contribution in [0.3, 0.4) is 0 Å². The minimum absolute atomic E-state index is 0.124. The zero-order valence-electron chi connectivity index (χ0n) is 16.3. The molecule has 1 aromatic carbocycles. The third-order valence-electron chi connectivity index (χ3n) is 4.31. The maximum atomic E-state index is 12.6. The first-order valence-electron chi connectivity index (χ1n) is 9.15. The van der Waals surface area contributed by atoms with E-state index in [9.17, 15) is 4.79 Å². The lowest BCUT2D eigenvalue weighted by atomic mass is 10.1. The molecule has 0 radical (unpaired) electrons. The van der Waals surface area contributed by atoms with Crippen LogP contribution in [0.4, 0.5) is 4.79 Å². The molecule has 0 spiro atoms. The van der Waals surface area contributed by atoms with Crippen molar-refractivity contribution in [2.45, 2.75) is 45.8 Å². The van der Waals surface area contributed by atoms with E-state index < -0.39 is 5.60 Å². The Balaban J connectivity index is 1.82. The molecule has 7 heteroatoms. The van der Waals surface area contributed by atoms with Crippen LogP contribution in [0.15, 0.2) is 28.7 Å². The number of nitrogens with one attached hydrogen (secondary N) is 1. The van der Waals surface area contributed by atoms with Crippen LogP contribution in [-0.4, -0.2) is 33.1 Å². The molecule has 2 aromatic rings. The number of imidazole rings is 1. The summed E-state index contributed by atoms with van der Waals surface area (Å²) >= 11 is 5.61. The van der Waals surface area contributed by atoms with Gasteiger partial charge >= 0.3 is 6.09 Å². The molecule has 2 heterocycles. The first kappa shape index (κ1) is 21.2. The second kappa shape index (κ2) is 8.46. The normalized spacial score (nSPS) is 19.3. The van der Waals surface area contributed by atoms with Crippen molar-refractivity contribution in [2.24, 2.45) is 5.92 Å². The molecule has 0 aliphatic carbocycles. The van der Waals surface area contributed by atoms with E-state index in [0.29, 0.717) is 12.5 Å². The predicted octanol–water partition coefficient (Wildman–Crippen LogP) is 5.49. The number of ether oxygens (including phenoxy) is 1. The number of carbonyl (C=O) groups excluding carboxylic acids is 1. The highest BCUT2D eigenvalue weighted by atomic mass is 127. The molecule has 148 valence electrons. The van der Waals surface area contributed by atoms with Crippen molar-refractivity contribution < 1.29 is 9.53 Å². The average molecular weight is 556 g/mol. The number of halogens is 2. The average Bonchev–Trinajstić information content (AvgIpc) is 3.16. The quantitative estimate of drug-likeness (QED) is 0.374. The number of aromatic nitrogens is 2. The summed E-state index contributed by atoms with van der Waals surface area (Å²) in [5.41, 5.74) is 1.18. The highest BCUT2D eigenvalue weighted by Crippen LogP contribution is 2.35. The number of hydrogen-bond acceptors (Lipinski definition) is 3. The number of aromatic amines is 1. The maximum absolute atomic E-state index is 12.6. The summed E-state index contributed by atoms with van der Waals surface area (Å²) < 4.78 is 7.41. The molecule has 1 aromatic heterocycles. The monoisotopic (exact) mass is 555 g/mol. The summed E-state index contributed by atoms with van der Waals surface area (Å²) in [5, 5.41) is 0. The van der Waals surface area contributed by atoms with Gasteiger partial charge in [-0.05, 0) is 85.9 Å². The van der Waals surface area contributed by atoms with Crippen LogP contribution in [0.25, 0.3) is 0 Å². The molecule has 3 rings (SSSR count). The van der Waals surface area contributed by atoms with Crippen molar-refractivity contribution in [3.05, 3.63) is 49.5 Å². The molecule has 1 amide bonds. The maximum Gasteiger partial charge on any atom is 0.410 e. The standard InChI is InChI=1S/C21H23BrIN3O2/c1-13-11-17(26(12-13)20(27)28-21(2,3)4)19-24-16(18(23)25-19)10-7-14-5-8-15(22)9-6-14/h5-6,8-9,13,17H,11-12H2,1-4H3,(H,24,25). The third kappa shape index (κ3) is 5.29. The van der Waals surface area contributed by atoms with Gasteiger partial charge in [-0.15, -0.1) is 0 Å². The highest BCUT2D eigenvalue weighted by molar-refractivity contribution is 14.1. The van der Waals surface area contributed by atoms with E-state index in [-0.39, 0.29) is 12.1 Å². The smallest absolute Gasteiger partial charge is 0.410 e. The third-order valence-corrected chi connectivity index (χ3v) is 5.62. The molecule has 1 aliphatic rings. The van der Waals surface area contributed by atoms with E-state index in [1.54, 1.807) is 4.90 Å². The van der Waals surface area contributed by atoms with Gasteiger partial charge in [-0.2, -0.15) is 0 Å². The number of H-pyrrole nitrogens is 1. The fourth-order valence-corrected chi connectivity index (χ4v) is 3.90. The van der Waals surface area contributed by atoms with Gasteiger partial charge in [-0.25, -0.2) is 9.78 Å². The van der Waals surface area contributed by atoms with Gasteiger partial charge in [0.25, 0.3) is 0 Å². The second-order valence-electron chi connectivity index (χ2n) is 8.03. The minimum atomic E-state index is -0.521. The van der Waals surface area contributed by atoms with Gasteiger partial charge < -0.3 is 9.72 Å². The number of carbonyl (C=O) groups is 1. The van der Waals surface area contributed by atoms with Gasteiger partial charge in [0.15, 0.2) is 0 Å². The van der Waals surface area contributed by atoms with E-state index in [1.165, 1.54) is 0 Å². The van der Waals surface area contributed by atoms with Crippen LogP contribution in [0.2, 0.25) is 0 Å². The Labute approximate surface area is 187 Å². The van der Waals surface area contributed by atoms with Gasteiger partial charge in [0.2, 0.25) is 0 Å². The zero-order valence-corrected chi connectivity index (χ0v) is 20.1. The molecule has 1 saturated heterocycles. The van der Waals surface area contributed by atoms with Gasteiger partial charge in [-0.3, -0.25) is 4.90 Å². The van der Waals surface area contributed by atoms with E-state index in [0.717, 1.165) is 31.7 Å². The Kier molecular flexibility index (Phi) is 6.40. The Morgan fingerprint density at radius 1 is 1.32 bits per heavy atom. The van der Waals surface area contributed by atoms with Crippen LogP contribution in [0, 0.1) is 21.5 Å². The Morgan fingerprint density at radius 3 is 2.64 bits per heavy atom. The summed E-state index contributed by atoms with van der Waals surface area (Å²) in [6, 6.07) is 7.73. The van der Waals surface area contributed by atoms with Crippen molar-refractivity contribution >= 4 is 44.6 Å². The Hall–Kier alpha value is -1.53. The van der Waals surface area contributed by atoms with Crippen molar-refractivity contribution in [3.63, 3.8) is 0 Å². The van der Waals surface area contributed by atoms with Crippen LogP contribution in [0.5, 0.6) is 0 Å². The number of hydrogen-bond donors (Lipinski definition) is 1. The molecule has 1 N–H and O–H groups in total. The van der Waals surface area contributed by atoms with E-state index >= 15 is 0 Å². The molecule has 28 heavy (non-hydrogen) atoms. The van der Waals surface area contributed by atoms with E-state index in [2.05, 4.69) is 67.3 Å². The van der Waals surface area contributed by atoms with Gasteiger partial charge in [0.1, 0.15) is 20.8 Å². The first-order valence-corrected chi connectivity index (χ1v) is 11.0. The number of likely N-dealkylation sites (tertiary alicyclic amines) is 1. The topological polar surface area (TPSA) is 58.2 Å². The Morgan fingerprint density at radius 2 is 2.00 bits per heavy atom. The second-order valence-corrected chi connectivity index (χ2v) is 9.97. The van der Waals surface area contributed by atoms with Crippen molar-refractivity contribution in [2.75, 3.05) is 6.54 Å². The van der Waals surface area contributed by atoms with E-state index in [4.69, 9.17) is 4.74 Å². The summed E-state index contributed by atoms with van der Waals surface area (Å²) in [6.45, 7) is 8.44. The minimum Gasteiger partial charge on any atom is -0.444 e. The molecule has 0 saturated carbocycles. The molecule has 2 unspecified atom stereocenters. The molecule has 5 nitrogen and oxygen atoms in total. The van der Waals surface area contributed by atoms with Crippen molar-refractivity contribution in [1.29, 1.82) is 0 Å². The summed E-state index contributed by atoms with van der Waals surface area (Å²) in [7, 11) is 0. The number of benzene rings is 1.